The Morgan fingerprint density at radius 1 is 1.05 bits per heavy atom. The number of nitrogens with zero attached hydrogens (tertiary/aromatic N) is 1. The number of carboxylic acid groups (broad SMARTS) is 1. The number of nitrogens with one attached hydrogen (secondary N) is 1. The summed E-state index contributed by atoms with van der Waals surface area (Å²) in [5.41, 5.74) is -0.592. The van der Waals surface area contributed by atoms with Gasteiger partial charge in [0.15, 0.2) is 0 Å². The fourth-order valence-electron chi connectivity index (χ4n) is 4.95. The second-order valence-electron chi connectivity index (χ2n) is 10.9. The van der Waals surface area contributed by atoms with E-state index in [4.69, 9.17) is 9.47 Å². The number of carbonyl (C=O) groups excluding carboxylic acids is 2. The molecule has 206 valence electrons. The maximum absolute atomic E-state index is 13.8. The summed E-state index contributed by atoms with van der Waals surface area (Å²) in [5.74, 6) is -0.764. The molecule has 3 rings (SSSR count). The Morgan fingerprint density at radius 3 is 2.34 bits per heavy atom. The number of hydrogen-bond acceptors (Lipinski definition) is 5. The Balaban J connectivity index is 1.70. The van der Waals surface area contributed by atoms with E-state index in [9.17, 15) is 19.5 Å². The van der Waals surface area contributed by atoms with Crippen LogP contribution in [0.4, 0.5) is 4.79 Å². The summed E-state index contributed by atoms with van der Waals surface area (Å²) in [7, 11) is 0. The molecule has 38 heavy (non-hydrogen) atoms. The number of aliphatic carboxylic acids is 1. The van der Waals surface area contributed by atoms with Gasteiger partial charge >= 0.3 is 12.1 Å². The van der Waals surface area contributed by atoms with Crippen LogP contribution in [0.3, 0.4) is 0 Å². The molecule has 0 aliphatic carbocycles. The molecule has 1 heterocycles. The first-order chi connectivity index (χ1) is 18.1. The van der Waals surface area contributed by atoms with E-state index in [1.807, 2.05) is 69.3 Å². The number of hydrogen-bond donors (Lipinski definition) is 2. The van der Waals surface area contributed by atoms with Gasteiger partial charge in [-0.15, -0.1) is 0 Å². The minimum atomic E-state index is -1.16. The van der Waals surface area contributed by atoms with Gasteiger partial charge in [-0.3, -0.25) is 9.59 Å². The number of para-hydroxylation sites is 1. The van der Waals surface area contributed by atoms with Crippen LogP contribution in [0.15, 0.2) is 60.7 Å². The minimum absolute atomic E-state index is 0.00477. The summed E-state index contributed by atoms with van der Waals surface area (Å²) in [6.07, 6.45) is 2.01. The van der Waals surface area contributed by atoms with Crippen molar-refractivity contribution in [3.63, 3.8) is 0 Å². The first kappa shape index (κ1) is 29.0. The van der Waals surface area contributed by atoms with E-state index in [1.54, 1.807) is 17.0 Å². The maximum Gasteiger partial charge on any atom is 0.407 e. The third kappa shape index (κ3) is 8.50. The third-order valence-electron chi connectivity index (χ3n) is 6.80. The van der Waals surface area contributed by atoms with Crippen molar-refractivity contribution in [3.8, 4) is 5.75 Å². The highest BCUT2D eigenvalue weighted by Gasteiger charge is 2.55. The van der Waals surface area contributed by atoms with Gasteiger partial charge < -0.3 is 24.8 Å². The van der Waals surface area contributed by atoms with Crippen LogP contribution in [0.5, 0.6) is 5.75 Å². The molecular formula is C30H40N2O6. The lowest BCUT2D eigenvalue weighted by Crippen LogP contribution is -2.44. The van der Waals surface area contributed by atoms with E-state index in [0.717, 1.165) is 12.0 Å². The zero-order chi connectivity index (χ0) is 27.6. The van der Waals surface area contributed by atoms with Gasteiger partial charge in [-0.2, -0.15) is 0 Å². The maximum atomic E-state index is 13.8. The normalized spacial score (nSPS) is 19.3. The molecule has 1 fully saturated rings. The number of benzene rings is 2. The Labute approximate surface area is 225 Å². The number of carboxylic acids is 1. The van der Waals surface area contributed by atoms with Gasteiger partial charge in [0.05, 0.1) is 11.8 Å². The highest BCUT2D eigenvalue weighted by Crippen LogP contribution is 2.44. The highest BCUT2D eigenvalue weighted by atomic mass is 16.6. The molecule has 2 unspecified atom stereocenters. The molecule has 8 heteroatoms. The average molecular weight is 525 g/mol. The van der Waals surface area contributed by atoms with Crippen molar-refractivity contribution in [2.24, 2.45) is 11.3 Å². The first-order valence-electron chi connectivity index (χ1n) is 13.3. The zero-order valence-corrected chi connectivity index (χ0v) is 22.7. The summed E-state index contributed by atoms with van der Waals surface area (Å²) < 4.78 is 11.3. The molecule has 2 atom stereocenters. The summed E-state index contributed by atoms with van der Waals surface area (Å²) >= 11 is 0. The number of unbranched alkanes of at least 4 members (excludes halogenated alkanes) is 1. The second kappa shape index (κ2) is 13.3. The number of amides is 2. The van der Waals surface area contributed by atoms with E-state index < -0.39 is 23.1 Å². The van der Waals surface area contributed by atoms with Crippen LogP contribution in [0.25, 0.3) is 0 Å². The largest absolute Gasteiger partial charge is 0.492 e. The van der Waals surface area contributed by atoms with Crippen molar-refractivity contribution in [1.29, 1.82) is 0 Å². The predicted octanol–water partition coefficient (Wildman–Crippen LogP) is 4.92. The first-order valence-corrected chi connectivity index (χ1v) is 13.3. The lowest BCUT2D eigenvalue weighted by atomic mass is 9.73. The molecular weight excluding hydrogens is 484 g/mol. The second-order valence-corrected chi connectivity index (χ2v) is 10.9. The number of carbonyl (C=O) groups is 3. The van der Waals surface area contributed by atoms with Crippen LogP contribution >= 0.6 is 0 Å². The molecule has 2 amide bonds. The van der Waals surface area contributed by atoms with Gasteiger partial charge in [0, 0.05) is 19.6 Å². The SMILES string of the molecule is CC(C)(C)OC(=O)NCCCCC1CN(CCc2ccccc2)C(=O)C1(COc1ccccc1)CC(=O)O. The smallest absolute Gasteiger partial charge is 0.407 e. The van der Waals surface area contributed by atoms with Crippen LogP contribution < -0.4 is 10.1 Å². The molecule has 2 aromatic rings. The monoisotopic (exact) mass is 524 g/mol. The fraction of sp³-hybridized carbons (Fsp3) is 0.500. The van der Waals surface area contributed by atoms with E-state index >= 15 is 0 Å². The van der Waals surface area contributed by atoms with Gasteiger partial charge in [-0.25, -0.2) is 4.79 Å². The molecule has 1 aliphatic heterocycles. The van der Waals surface area contributed by atoms with Crippen LogP contribution in [-0.4, -0.2) is 59.8 Å². The molecule has 2 aromatic carbocycles. The zero-order valence-electron chi connectivity index (χ0n) is 22.7. The van der Waals surface area contributed by atoms with Crippen LogP contribution in [-0.2, 0) is 20.7 Å². The molecule has 1 aliphatic rings. The highest BCUT2D eigenvalue weighted by molar-refractivity contribution is 5.89. The predicted molar refractivity (Wildman–Crippen MR) is 145 cm³/mol. The summed E-state index contributed by atoms with van der Waals surface area (Å²) in [4.78, 5) is 39.6. The fourth-order valence-corrected chi connectivity index (χ4v) is 4.95. The Hall–Kier alpha value is -3.55. The summed E-state index contributed by atoms with van der Waals surface area (Å²) in [6.45, 7) is 6.89. The minimum Gasteiger partial charge on any atom is -0.492 e. The summed E-state index contributed by atoms with van der Waals surface area (Å²) in [6, 6.07) is 19.1. The van der Waals surface area contributed by atoms with Crippen molar-refractivity contribution in [1.82, 2.24) is 10.2 Å². The Bertz CT molecular complexity index is 1050. The molecule has 0 aromatic heterocycles. The van der Waals surface area contributed by atoms with E-state index in [2.05, 4.69) is 5.32 Å². The Kier molecular flexibility index (Phi) is 10.2. The third-order valence-corrected chi connectivity index (χ3v) is 6.80. The number of alkyl carbamates (subject to hydrolysis) is 1. The van der Waals surface area contributed by atoms with Crippen molar-refractivity contribution in [2.75, 3.05) is 26.2 Å². The topological polar surface area (TPSA) is 105 Å². The lowest BCUT2D eigenvalue weighted by molar-refractivity contribution is -0.149. The van der Waals surface area contributed by atoms with Crippen molar-refractivity contribution < 1.29 is 29.0 Å². The number of ether oxygens (including phenoxy) is 2. The van der Waals surface area contributed by atoms with Gasteiger partial charge in [-0.1, -0.05) is 55.0 Å². The van der Waals surface area contributed by atoms with Gasteiger partial charge in [-0.05, 0) is 63.6 Å². The van der Waals surface area contributed by atoms with E-state index in [0.29, 0.717) is 44.6 Å². The number of likely N-dealkylation sites (tertiary alicyclic amines) is 1. The average Bonchev–Trinajstić information content (AvgIpc) is 3.11. The Morgan fingerprint density at radius 2 is 1.71 bits per heavy atom. The quantitative estimate of drug-likeness (QED) is 0.360. The van der Waals surface area contributed by atoms with Crippen molar-refractivity contribution in [2.45, 2.75) is 58.5 Å². The van der Waals surface area contributed by atoms with Gasteiger partial charge in [0.25, 0.3) is 0 Å². The standard InChI is InChI=1S/C30H40N2O6/c1-29(2,3)38-28(36)31-18-11-10-14-24-21-32(19-17-23-12-6-4-7-13-23)27(35)30(24,20-26(33)34)22-37-25-15-8-5-9-16-25/h4-9,12-13,15-16,24H,10-11,14,17-22H2,1-3H3,(H,31,36)(H,33,34). The molecule has 0 saturated carbocycles. The van der Waals surface area contributed by atoms with E-state index in [1.165, 1.54) is 0 Å². The molecule has 2 N–H and O–H groups in total. The summed E-state index contributed by atoms with van der Waals surface area (Å²) in [5, 5.41) is 12.6. The van der Waals surface area contributed by atoms with Crippen molar-refractivity contribution in [3.05, 3.63) is 66.2 Å². The molecule has 8 nitrogen and oxygen atoms in total. The number of rotatable bonds is 13. The molecule has 1 saturated heterocycles. The van der Waals surface area contributed by atoms with Gasteiger partial charge in [0.2, 0.25) is 5.91 Å². The van der Waals surface area contributed by atoms with Crippen LogP contribution in [0, 0.1) is 11.3 Å². The van der Waals surface area contributed by atoms with E-state index in [-0.39, 0.29) is 24.9 Å². The lowest BCUT2D eigenvalue weighted by Gasteiger charge is -2.31. The van der Waals surface area contributed by atoms with Gasteiger partial charge in [0.1, 0.15) is 18.0 Å². The molecule has 0 bridgehead atoms. The van der Waals surface area contributed by atoms with Crippen molar-refractivity contribution >= 4 is 18.0 Å². The van der Waals surface area contributed by atoms with Crippen LogP contribution in [0.2, 0.25) is 0 Å². The molecule has 0 radical (unpaired) electrons. The molecule has 0 spiro atoms. The van der Waals surface area contributed by atoms with Crippen LogP contribution in [0.1, 0.15) is 52.0 Å².